The number of nitrogens with one attached hydrogen (secondary N) is 2. The number of guanidine groups is 1. The van der Waals surface area contributed by atoms with Gasteiger partial charge in [0, 0.05) is 32.7 Å². The average Bonchev–Trinajstić information content (AvgIpc) is 2.89. The molecule has 9 heteroatoms. The summed E-state index contributed by atoms with van der Waals surface area (Å²) in [5, 5.41) is 6.57. The highest BCUT2D eigenvalue weighted by atomic mass is 19.4. The van der Waals surface area contributed by atoms with Gasteiger partial charge in [-0.2, -0.15) is 13.2 Å². The van der Waals surface area contributed by atoms with Crippen LogP contribution in [0.1, 0.15) is 18.9 Å². The first-order valence-electron chi connectivity index (χ1n) is 10.1. The minimum atomic E-state index is -4.33. The van der Waals surface area contributed by atoms with Crippen LogP contribution in [-0.4, -0.2) is 81.4 Å². The van der Waals surface area contributed by atoms with Crippen molar-refractivity contribution in [2.75, 3.05) is 59.5 Å². The van der Waals surface area contributed by atoms with E-state index >= 15 is 0 Å². The van der Waals surface area contributed by atoms with Gasteiger partial charge in [-0.3, -0.25) is 0 Å². The van der Waals surface area contributed by atoms with Crippen LogP contribution < -0.4 is 15.4 Å². The van der Waals surface area contributed by atoms with Gasteiger partial charge < -0.3 is 25.2 Å². The quantitative estimate of drug-likeness (QED) is 0.504. The Morgan fingerprint density at radius 2 is 1.86 bits per heavy atom. The molecule has 0 aliphatic carbocycles. The second-order valence-corrected chi connectivity index (χ2v) is 7.17. The van der Waals surface area contributed by atoms with Crippen LogP contribution in [0.25, 0.3) is 0 Å². The molecule has 1 aliphatic rings. The van der Waals surface area contributed by atoms with E-state index in [1.165, 1.54) is 18.6 Å². The van der Waals surface area contributed by atoms with Gasteiger partial charge in [0.1, 0.15) is 5.75 Å². The zero-order valence-corrected chi connectivity index (χ0v) is 17.3. The number of hydrogen-bond acceptors (Lipinski definition) is 4. The third kappa shape index (κ3) is 9.85. The summed E-state index contributed by atoms with van der Waals surface area (Å²) in [5.41, 5.74) is 0.900. The number of rotatable bonds is 8. The van der Waals surface area contributed by atoms with E-state index in [1.807, 2.05) is 6.92 Å². The summed E-state index contributed by atoms with van der Waals surface area (Å²) in [7, 11) is 2.16. The van der Waals surface area contributed by atoms with Gasteiger partial charge >= 0.3 is 6.18 Å². The predicted molar refractivity (Wildman–Crippen MR) is 109 cm³/mol. The summed E-state index contributed by atoms with van der Waals surface area (Å²) in [6.45, 7) is 8.11. The van der Waals surface area contributed by atoms with E-state index in [0.29, 0.717) is 6.54 Å². The Bertz CT molecular complexity index is 622. The molecule has 6 nitrogen and oxygen atoms in total. The van der Waals surface area contributed by atoms with Gasteiger partial charge in [0.25, 0.3) is 0 Å². The molecule has 1 fully saturated rings. The molecule has 2 rings (SSSR count). The van der Waals surface area contributed by atoms with E-state index in [2.05, 4.69) is 32.5 Å². The maximum Gasteiger partial charge on any atom is 0.422 e. The highest BCUT2D eigenvalue weighted by Gasteiger charge is 2.28. The van der Waals surface area contributed by atoms with Crippen LogP contribution in [0.3, 0.4) is 0 Å². The average molecular weight is 416 g/mol. The van der Waals surface area contributed by atoms with Crippen molar-refractivity contribution in [1.29, 1.82) is 0 Å². The maximum absolute atomic E-state index is 12.2. The molecular weight excluding hydrogens is 383 g/mol. The predicted octanol–water partition coefficient (Wildman–Crippen LogP) is 2.32. The van der Waals surface area contributed by atoms with Crippen molar-refractivity contribution >= 4 is 5.96 Å². The topological polar surface area (TPSA) is 52.1 Å². The molecule has 0 bridgehead atoms. The molecule has 0 unspecified atom stereocenters. The van der Waals surface area contributed by atoms with Crippen LogP contribution in [0, 0.1) is 0 Å². The summed E-state index contributed by atoms with van der Waals surface area (Å²) in [5.74, 6) is 0.931. The summed E-state index contributed by atoms with van der Waals surface area (Å²) in [6.07, 6.45) is -3.15. The van der Waals surface area contributed by atoms with Crippen LogP contribution in [0.2, 0.25) is 0 Å². The van der Waals surface area contributed by atoms with Gasteiger partial charge in [0.05, 0.1) is 6.54 Å². The Balaban J connectivity index is 1.78. The largest absolute Gasteiger partial charge is 0.484 e. The minimum Gasteiger partial charge on any atom is -0.484 e. The number of benzene rings is 1. The molecule has 0 spiro atoms. The molecule has 0 radical (unpaired) electrons. The fourth-order valence-electron chi connectivity index (χ4n) is 3.02. The zero-order chi connectivity index (χ0) is 21.1. The molecular formula is C20H32F3N5O. The fourth-order valence-corrected chi connectivity index (χ4v) is 3.02. The third-order valence-corrected chi connectivity index (χ3v) is 4.62. The van der Waals surface area contributed by atoms with E-state index < -0.39 is 12.8 Å². The van der Waals surface area contributed by atoms with Crippen molar-refractivity contribution in [2.45, 2.75) is 26.1 Å². The van der Waals surface area contributed by atoms with E-state index in [9.17, 15) is 13.2 Å². The van der Waals surface area contributed by atoms with Gasteiger partial charge in [0.15, 0.2) is 12.6 Å². The first-order valence-corrected chi connectivity index (χ1v) is 10.1. The van der Waals surface area contributed by atoms with Crippen LogP contribution in [0.4, 0.5) is 13.2 Å². The first kappa shape index (κ1) is 23.3. The maximum atomic E-state index is 12.2. The van der Waals surface area contributed by atoms with E-state index in [1.54, 1.807) is 12.1 Å². The summed E-state index contributed by atoms with van der Waals surface area (Å²) < 4.78 is 41.3. The molecule has 0 amide bonds. The van der Waals surface area contributed by atoms with Crippen LogP contribution >= 0.6 is 0 Å². The van der Waals surface area contributed by atoms with Crippen molar-refractivity contribution in [1.82, 2.24) is 20.4 Å². The smallest absolute Gasteiger partial charge is 0.422 e. The lowest BCUT2D eigenvalue weighted by atomic mass is 10.2. The van der Waals surface area contributed by atoms with Gasteiger partial charge in [-0.25, -0.2) is 4.99 Å². The normalized spacial score (nSPS) is 17.1. The van der Waals surface area contributed by atoms with E-state index in [4.69, 9.17) is 4.74 Å². The van der Waals surface area contributed by atoms with Crippen molar-refractivity contribution < 1.29 is 17.9 Å². The molecule has 0 saturated carbocycles. The highest BCUT2D eigenvalue weighted by molar-refractivity contribution is 5.79. The summed E-state index contributed by atoms with van der Waals surface area (Å²) >= 11 is 0. The van der Waals surface area contributed by atoms with Gasteiger partial charge in [-0.15, -0.1) is 0 Å². The minimum absolute atomic E-state index is 0.197. The molecule has 0 atom stereocenters. The monoisotopic (exact) mass is 415 g/mol. The van der Waals surface area contributed by atoms with Crippen LogP contribution in [0.15, 0.2) is 29.3 Å². The molecule has 1 heterocycles. The lowest BCUT2D eigenvalue weighted by Gasteiger charge is -2.21. The van der Waals surface area contributed by atoms with E-state index in [-0.39, 0.29) is 5.75 Å². The number of hydrogen-bond donors (Lipinski definition) is 2. The standard InChI is InChI=1S/C20H32F3N5O/c1-3-24-19(25-9-12-28-11-4-10-27(2)13-14-28)26-15-17-5-7-18(8-6-17)29-16-20(21,22)23/h5-8H,3-4,9-16H2,1-2H3,(H2,24,25,26). The Hall–Kier alpha value is -2.00. The van der Waals surface area contributed by atoms with Crippen molar-refractivity contribution in [3.05, 3.63) is 29.8 Å². The van der Waals surface area contributed by atoms with Gasteiger partial charge in [0.2, 0.25) is 0 Å². The van der Waals surface area contributed by atoms with E-state index in [0.717, 1.165) is 57.3 Å². The Morgan fingerprint density at radius 3 is 2.55 bits per heavy atom. The Morgan fingerprint density at radius 1 is 1.10 bits per heavy atom. The molecule has 164 valence electrons. The first-order chi connectivity index (χ1) is 13.9. The van der Waals surface area contributed by atoms with Gasteiger partial charge in [-0.1, -0.05) is 12.1 Å². The fraction of sp³-hybridized carbons (Fsp3) is 0.650. The van der Waals surface area contributed by atoms with Crippen LogP contribution in [0.5, 0.6) is 5.75 Å². The zero-order valence-electron chi connectivity index (χ0n) is 17.3. The summed E-state index contributed by atoms with van der Waals surface area (Å²) in [6, 6.07) is 6.53. The molecule has 1 aromatic carbocycles. The Labute approximate surface area is 171 Å². The molecule has 1 aliphatic heterocycles. The molecule has 1 saturated heterocycles. The lowest BCUT2D eigenvalue weighted by Crippen LogP contribution is -2.42. The SMILES string of the molecule is CCNC(=NCc1ccc(OCC(F)(F)F)cc1)NCCN1CCCN(C)CC1. The summed E-state index contributed by atoms with van der Waals surface area (Å²) in [4.78, 5) is 9.38. The number of likely N-dealkylation sites (N-methyl/N-ethyl adjacent to an activating group) is 1. The number of halogens is 3. The Kier molecular flexibility index (Phi) is 9.53. The number of nitrogens with zero attached hydrogens (tertiary/aromatic N) is 3. The highest BCUT2D eigenvalue weighted by Crippen LogP contribution is 2.19. The second kappa shape index (κ2) is 11.9. The molecule has 2 N–H and O–H groups in total. The van der Waals surface area contributed by atoms with Crippen molar-refractivity contribution in [2.24, 2.45) is 4.99 Å². The van der Waals surface area contributed by atoms with Crippen molar-refractivity contribution in [3.63, 3.8) is 0 Å². The third-order valence-electron chi connectivity index (χ3n) is 4.62. The number of aliphatic imine (C=N–C) groups is 1. The molecule has 29 heavy (non-hydrogen) atoms. The van der Waals surface area contributed by atoms with Crippen LogP contribution in [-0.2, 0) is 6.54 Å². The molecule has 0 aromatic heterocycles. The number of alkyl halides is 3. The number of ether oxygens (including phenoxy) is 1. The molecule has 1 aromatic rings. The van der Waals surface area contributed by atoms with Crippen molar-refractivity contribution in [3.8, 4) is 5.75 Å². The second-order valence-electron chi connectivity index (χ2n) is 7.17. The lowest BCUT2D eigenvalue weighted by molar-refractivity contribution is -0.153. The van der Waals surface area contributed by atoms with Gasteiger partial charge in [-0.05, 0) is 51.2 Å².